The Morgan fingerprint density at radius 1 is 1.09 bits per heavy atom. The summed E-state index contributed by atoms with van der Waals surface area (Å²) in [7, 11) is 0. The summed E-state index contributed by atoms with van der Waals surface area (Å²) < 4.78 is 10.9. The van der Waals surface area contributed by atoms with Crippen molar-refractivity contribution in [1.82, 2.24) is 0 Å². The molecule has 0 aliphatic carbocycles. The van der Waals surface area contributed by atoms with Gasteiger partial charge >= 0.3 is 0 Å². The van der Waals surface area contributed by atoms with Gasteiger partial charge in [-0.15, -0.1) is 0 Å². The van der Waals surface area contributed by atoms with Crippen molar-refractivity contribution in [3.05, 3.63) is 58.6 Å². The second-order valence-corrected chi connectivity index (χ2v) is 4.63. The summed E-state index contributed by atoms with van der Waals surface area (Å²) >= 11 is 0. The molecule has 23 heavy (non-hydrogen) atoms. The zero-order chi connectivity index (χ0) is 16.7. The zero-order valence-corrected chi connectivity index (χ0v) is 12.5. The number of nitro benzene ring substituents is 1. The van der Waals surface area contributed by atoms with Crippen molar-refractivity contribution < 1.29 is 19.2 Å². The standard InChI is InChI=1S/C16H16N2O5/c1-12(19)17-15-8-7-14(11-16(15)18(20)21)23-10-9-22-13-5-3-2-4-6-13/h2-8,11H,9-10H2,1H3,(H,17,19). The van der Waals surface area contributed by atoms with E-state index in [9.17, 15) is 14.9 Å². The number of carbonyl (C=O) groups excluding carboxylic acids is 1. The molecule has 0 aliphatic rings. The quantitative estimate of drug-likeness (QED) is 0.481. The van der Waals surface area contributed by atoms with Crippen molar-refractivity contribution in [1.29, 1.82) is 0 Å². The van der Waals surface area contributed by atoms with E-state index in [4.69, 9.17) is 9.47 Å². The number of benzene rings is 2. The highest BCUT2D eigenvalue weighted by Crippen LogP contribution is 2.29. The summed E-state index contributed by atoms with van der Waals surface area (Å²) in [5.74, 6) is 0.684. The fraction of sp³-hybridized carbons (Fsp3) is 0.188. The van der Waals surface area contributed by atoms with E-state index in [1.807, 2.05) is 30.3 Å². The van der Waals surface area contributed by atoms with Crippen LogP contribution in [0.2, 0.25) is 0 Å². The lowest BCUT2D eigenvalue weighted by molar-refractivity contribution is -0.384. The first-order valence-electron chi connectivity index (χ1n) is 6.93. The number of para-hydroxylation sites is 1. The Kier molecular flexibility index (Phi) is 5.51. The number of anilines is 1. The van der Waals surface area contributed by atoms with Gasteiger partial charge in [0.05, 0.1) is 11.0 Å². The van der Waals surface area contributed by atoms with Gasteiger partial charge in [-0.3, -0.25) is 14.9 Å². The number of nitrogens with zero attached hydrogens (tertiary/aromatic N) is 1. The zero-order valence-electron chi connectivity index (χ0n) is 12.5. The molecule has 0 saturated heterocycles. The maximum absolute atomic E-state index is 11.0. The number of nitrogens with one attached hydrogen (secondary N) is 1. The number of hydrogen-bond donors (Lipinski definition) is 1. The molecule has 0 fully saturated rings. The molecule has 0 unspecified atom stereocenters. The molecule has 0 heterocycles. The van der Waals surface area contributed by atoms with Crippen molar-refractivity contribution in [3.8, 4) is 11.5 Å². The van der Waals surface area contributed by atoms with Gasteiger partial charge in [0.2, 0.25) is 5.91 Å². The molecule has 7 heteroatoms. The van der Waals surface area contributed by atoms with Crippen LogP contribution >= 0.6 is 0 Å². The molecule has 0 spiro atoms. The average molecular weight is 316 g/mol. The highest BCUT2D eigenvalue weighted by Gasteiger charge is 2.16. The molecule has 120 valence electrons. The lowest BCUT2D eigenvalue weighted by Gasteiger charge is -2.09. The summed E-state index contributed by atoms with van der Waals surface area (Å²) in [5.41, 5.74) is -0.0861. The molecule has 0 radical (unpaired) electrons. The fourth-order valence-corrected chi connectivity index (χ4v) is 1.88. The highest BCUT2D eigenvalue weighted by molar-refractivity contribution is 5.91. The third-order valence-electron chi connectivity index (χ3n) is 2.84. The third kappa shape index (κ3) is 4.99. The normalized spacial score (nSPS) is 9.96. The minimum atomic E-state index is -0.571. The second kappa shape index (κ2) is 7.79. The topological polar surface area (TPSA) is 90.7 Å². The van der Waals surface area contributed by atoms with Gasteiger partial charge in [0.1, 0.15) is 30.4 Å². The van der Waals surface area contributed by atoms with E-state index >= 15 is 0 Å². The number of amides is 1. The Hall–Kier alpha value is -3.09. The van der Waals surface area contributed by atoms with Crippen molar-refractivity contribution in [2.75, 3.05) is 18.5 Å². The lowest BCUT2D eigenvalue weighted by Crippen LogP contribution is -2.10. The summed E-state index contributed by atoms with van der Waals surface area (Å²) in [4.78, 5) is 21.5. The average Bonchev–Trinajstić information content (AvgIpc) is 2.53. The van der Waals surface area contributed by atoms with Crippen LogP contribution in [0.3, 0.4) is 0 Å². The Morgan fingerprint density at radius 2 is 1.74 bits per heavy atom. The molecule has 0 aliphatic heterocycles. The Labute approximate surface area is 133 Å². The van der Waals surface area contributed by atoms with Gasteiger partial charge in [-0.05, 0) is 24.3 Å². The Balaban J connectivity index is 1.93. The van der Waals surface area contributed by atoms with Crippen LogP contribution in [0.15, 0.2) is 48.5 Å². The van der Waals surface area contributed by atoms with E-state index in [1.54, 1.807) is 6.07 Å². The highest BCUT2D eigenvalue weighted by atomic mass is 16.6. The Bertz CT molecular complexity index is 688. The van der Waals surface area contributed by atoms with Gasteiger partial charge in [0.15, 0.2) is 0 Å². The molecule has 2 rings (SSSR count). The minimum absolute atomic E-state index is 0.135. The first kappa shape index (κ1) is 16.3. The number of hydrogen-bond acceptors (Lipinski definition) is 5. The summed E-state index contributed by atoms with van der Waals surface area (Å²) in [6, 6.07) is 13.5. The monoisotopic (exact) mass is 316 g/mol. The molecule has 1 N–H and O–H groups in total. The van der Waals surface area contributed by atoms with Gasteiger partial charge in [-0.1, -0.05) is 18.2 Å². The predicted octanol–water partition coefficient (Wildman–Crippen LogP) is 3.01. The van der Waals surface area contributed by atoms with Crippen LogP contribution in [0, 0.1) is 10.1 Å². The molecular weight excluding hydrogens is 300 g/mol. The summed E-state index contributed by atoms with van der Waals surface area (Å²) in [6.45, 7) is 1.84. The molecule has 7 nitrogen and oxygen atoms in total. The molecule has 0 saturated carbocycles. The SMILES string of the molecule is CC(=O)Nc1ccc(OCCOc2ccccc2)cc1[N+](=O)[O-]. The van der Waals surface area contributed by atoms with Crippen molar-refractivity contribution in [2.24, 2.45) is 0 Å². The fourth-order valence-electron chi connectivity index (χ4n) is 1.88. The van der Waals surface area contributed by atoms with E-state index < -0.39 is 4.92 Å². The summed E-state index contributed by atoms with van der Waals surface area (Å²) in [5, 5.41) is 13.5. The molecule has 2 aromatic carbocycles. The van der Waals surface area contributed by atoms with Crippen molar-refractivity contribution >= 4 is 17.3 Å². The van der Waals surface area contributed by atoms with Gasteiger partial charge in [0, 0.05) is 6.92 Å². The van der Waals surface area contributed by atoms with Crippen LogP contribution in [0.5, 0.6) is 11.5 Å². The first-order valence-corrected chi connectivity index (χ1v) is 6.93. The Morgan fingerprint density at radius 3 is 2.35 bits per heavy atom. The van der Waals surface area contributed by atoms with Crippen LogP contribution in [0.1, 0.15) is 6.92 Å². The predicted molar refractivity (Wildman–Crippen MR) is 84.8 cm³/mol. The van der Waals surface area contributed by atoms with Gasteiger partial charge in [0.25, 0.3) is 5.69 Å². The minimum Gasteiger partial charge on any atom is -0.490 e. The van der Waals surface area contributed by atoms with Gasteiger partial charge in [-0.2, -0.15) is 0 Å². The van der Waals surface area contributed by atoms with E-state index in [-0.39, 0.29) is 23.9 Å². The molecule has 0 bridgehead atoms. The van der Waals surface area contributed by atoms with Crippen molar-refractivity contribution in [3.63, 3.8) is 0 Å². The van der Waals surface area contributed by atoms with Gasteiger partial charge in [-0.25, -0.2) is 0 Å². The number of rotatable bonds is 7. The van der Waals surface area contributed by atoms with Crippen LogP contribution in [-0.4, -0.2) is 24.0 Å². The van der Waals surface area contributed by atoms with E-state index in [2.05, 4.69) is 5.32 Å². The van der Waals surface area contributed by atoms with E-state index in [0.717, 1.165) is 5.75 Å². The van der Waals surface area contributed by atoms with E-state index in [1.165, 1.54) is 19.1 Å². The second-order valence-electron chi connectivity index (χ2n) is 4.63. The maximum Gasteiger partial charge on any atom is 0.296 e. The van der Waals surface area contributed by atoms with Crippen LogP contribution in [-0.2, 0) is 4.79 Å². The smallest absolute Gasteiger partial charge is 0.296 e. The lowest BCUT2D eigenvalue weighted by atomic mass is 10.2. The number of carbonyl (C=O) groups is 1. The third-order valence-corrected chi connectivity index (χ3v) is 2.84. The van der Waals surface area contributed by atoms with Crippen molar-refractivity contribution in [2.45, 2.75) is 6.92 Å². The molecule has 0 aromatic heterocycles. The first-order chi connectivity index (χ1) is 11.1. The number of nitro groups is 1. The van der Waals surface area contributed by atoms with E-state index in [0.29, 0.717) is 12.4 Å². The molecule has 0 atom stereocenters. The van der Waals surface area contributed by atoms with Crippen LogP contribution < -0.4 is 14.8 Å². The molecule has 2 aromatic rings. The molecule has 1 amide bonds. The largest absolute Gasteiger partial charge is 0.490 e. The molecular formula is C16H16N2O5. The number of ether oxygens (including phenoxy) is 2. The van der Waals surface area contributed by atoms with Gasteiger partial charge < -0.3 is 14.8 Å². The van der Waals surface area contributed by atoms with Crippen LogP contribution in [0.4, 0.5) is 11.4 Å². The maximum atomic E-state index is 11.0. The summed E-state index contributed by atoms with van der Waals surface area (Å²) in [6.07, 6.45) is 0. The van der Waals surface area contributed by atoms with Crippen LogP contribution in [0.25, 0.3) is 0 Å².